The van der Waals surface area contributed by atoms with Crippen molar-refractivity contribution in [3.8, 4) is 0 Å². The van der Waals surface area contributed by atoms with Gasteiger partial charge < -0.3 is 9.64 Å². The largest absolute Gasteiger partial charge is 0.449 e. The van der Waals surface area contributed by atoms with Crippen molar-refractivity contribution in [2.45, 2.75) is 33.6 Å². The molecule has 0 aliphatic heterocycles. The lowest BCUT2D eigenvalue weighted by Gasteiger charge is -2.23. The molecule has 5 nitrogen and oxygen atoms in total. The van der Waals surface area contributed by atoms with Crippen molar-refractivity contribution < 1.29 is 9.53 Å². The molecule has 0 saturated heterocycles. The van der Waals surface area contributed by atoms with Crippen LogP contribution in [0.2, 0.25) is 0 Å². The molecule has 0 saturated carbocycles. The molecule has 1 heterocycles. The summed E-state index contributed by atoms with van der Waals surface area (Å²) in [5, 5.41) is 0. The molecule has 1 aromatic rings. The van der Waals surface area contributed by atoms with E-state index in [2.05, 4.69) is 11.9 Å². The van der Waals surface area contributed by atoms with Crippen LogP contribution in [0.4, 0.5) is 10.6 Å². The van der Waals surface area contributed by atoms with Crippen molar-refractivity contribution in [3.63, 3.8) is 0 Å². The molecule has 0 aliphatic rings. The van der Waals surface area contributed by atoms with Crippen LogP contribution in [0.5, 0.6) is 0 Å². The molecule has 21 heavy (non-hydrogen) atoms. The zero-order valence-electron chi connectivity index (χ0n) is 13.8. The molecule has 0 fully saturated rings. The van der Waals surface area contributed by atoms with Gasteiger partial charge in [-0.2, -0.15) is 0 Å². The highest BCUT2D eigenvalue weighted by Crippen LogP contribution is 2.16. The summed E-state index contributed by atoms with van der Waals surface area (Å²) in [6.45, 7) is 7.79. The first-order valence-electron chi connectivity index (χ1n) is 7.48. The predicted octanol–water partition coefficient (Wildman–Crippen LogP) is 3.00. The number of ether oxygens (including phenoxy) is 1. The molecule has 118 valence electrons. The van der Waals surface area contributed by atoms with Crippen molar-refractivity contribution in [2.24, 2.45) is 0 Å². The number of anilines is 1. The van der Waals surface area contributed by atoms with Crippen LogP contribution in [-0.4, -0.2) is 49.8 Å². The maximum atomic E-state index is 12.3. The number of amides is 1. The molecule has 0 aromatic carbocycles. The van der Waals surface area contributed by atoms with Crippen molar-refractivity contribution in [3.05, 3.63) is 23.4 Å². The lowest BCUT2D eigenvalue weighted by atomic mass is 10.2. The fourth-order valence-electron chi connectivity index (χ4n) is 1.94. The van der Waals surface area contributed by atoms with E-state index >= 15 is 0 Å². The minimum atomic E-state index is -0.317. The smallest absolute Gasteiger partial charge is 0.415 e. The highest BCUT2D eigenvalue weighted by molar-refractivity contribution is 5.86. The van der Waals surface area contributed by atoms with Gasteiger partial charge in [-0.05, 0) is 52.1 Å². The number of hydrogen-bond donors (Lipinski definition) is 0. The normalized spacial score (nSPS) is 10.8. The molecule has 1 aromatic heterocycles. The number of aromatic nitrogens is 1. The molecule has 0 bridgehead atoms. The van der Waals surface area contributed by atoms with Gasteiger partial charge in [0.1, 0.15) is 5.82 Å². The Kier molecular flexibility index (Phi) is 7.15. The lowest BCUT2D eigenvalue weighted by Crippen LogP contribution is -2.38. The Hall–Kier alpha value is -1.62. The Labute approximate surface area is 127 Å². The summed E-state index contributed by atoms with van der Waals surface area (Å²) in [5.74, 6) is 0.663. The minimum absolute atomic E-state index is 0.317. The summed E-state index contributed by atoms with van der Waals surface area (Å²) >= 11 is 0. The summed E-state index contributed by atoms with van der Waals surface area (Å²) in [6.07, 6.45) is 1.57. The van der Waals surface area contributed by atoms with Crippen LogP contribution in [0.1, 0.15) is 31.0 Å². The molecular weight excluding hydrogens is 266 g/mol. The third-order valence-electron chi connectivity index (χ3n) is 3.08. The van der Waals surface area contributed by atoms with E-state index in [4.69, 9.17) is 4.74 Å². The average Bonchev–Trinajstić information content (AvgIpc) is 2.37. The van der Waals surface area contributed by atoms with E-state index in [1.165, 1.54) is 0 Å². The van der Waals surface area contributed by atoms with Crippen LogP contribution in [-0.2, 0) is 4.74 Å². The first kappa shape index (κ1) is 17.4. The van der Waals surface area contributed by atoms with E-state index in [1.54, 1.807) is 4.90 Å². The van der Waals surface area contributed by atoms with Crippen LogP contribution in [0, 0.1) is 13.8 Å². The van der Waals surface area contributed by atoms with Gasteiger partial charge in [0.05, 0.1) is 6.61 Å². The Morgan fingerprint density at radius 1 is 1.24 bits per heavy atom. The monoisotopic (exact) mass is 293 g/mol. The summed E-state index contributed by atoms with van der Waals surface area (Å²) in [7, 11) is 3.96. The molecule has 5 heteroatoms. The third-order valence-corrected chi connectivity index (χ3v) is 3.08. The SMILES string of the molecule is CCCCOC(=O)N(CCN(C)C)c1cc(C)cc(C)n1. The van der Waals surface area contributed by atoms with Gasteiger partial charge in [-0.15, -0.1) is 0 Å². The van der Waals surface area contributed by atoms with Crippen LogP contribution in [0.3, 0.4) is 0 Å². The fourth-order valence-corrected chi connectivity index (χ4v) is 1.94. The van der Waals surface area contributed by atoms with Gasteiger partial charge in [-0.25, -0.2) is 9.78 Å². The average molecular weight is 293 g/mol. The van der Waals surface area contributed by atoms with Gasteiger partial charge in [0.25, 0.3) is 0 Å². The number of carbonyl (C=O) groups excluding carboxylic acids is 1. The number of nitrogens with zero attached hydrogens (tertiary/aromatic N) is 3. The minimum Gasteiger partial charge on any atom is -0.449 e. The van der Waals surface area contributed by atoms with Gasteiger partial charge in [0, 0.05) is 18.8 Å². The highest BCUT2D eigenvalue weighted by Gasteiger charge is 2.19. The molecule has 0 unspecified atom stereocenters. The topological polar surface area (TPSA) is 45.7 Å². The van der Waals surface area contributed by atoms with Crippen LogP contribution in [0.15, 0.2) is 12.1 Å². The van der Waals surface area contributed by atoms with Crippen molar-refractivity contribution in [1.29, 1.82) is 0 Å². The lowest BCUT2D eigenvalue weighted by molar-refractivity contribution is 0.151. The van der Waals surface area contributed by atoms with E-state index in [1.807, 2.05) is 45.0 Å². The second-order valence-corrected chi connectivity index (χ2v) is 5.57. The van der Waals surface area contributed by atoms with E-state index in [0.29, 0.717) is 19.0 Å². The Morgan fingerprint density at radius 2 is 1.95 bits per heavy atom. The number of unbranched alkanes of at least 4 members (excludes halogenated alkanes) is 1. The van der Waals surface area contributed by atoms with Crippen molar-refractivity contribution in [2.75, 3.05) is 38.7 Å². The number of likely N-dealkylation sites (N-methyl/N-ethyl adjacent to an activating group) is 1. The molecule has 0 N–H and O–H groups in total. The van der Waals surface area contributed by atoms with E-state index in [9.17, 15) is 4.79 Å². The molecule has 0 atom stereocenters. The summed E-state index contributed by atoms with van der Waals surface area (Å²) < 4.78 is 5.34. The molecular formula is C16H27N3O2. The van der Waals surface area contributed by atoms with Gasteiger partial charge in [0.2, 0.25) is 0 Å². The maximum absolute atomic E-state index is 12.3. The second kappa shape index (κ2) is 8.62. The van der Waals surface area contributed by atoms with Crippen LogP contribution < -0.4 is 4.90 Å². The quantitative estimate of drug-likeness (QED) is 0.725. The molecule has 0 aliphatic carbocycles. The van der Waals surface area contributed by atoms with E-state index in [0.717, 1.165) is 30.6 Å². The summed E-state index contributed by atoms with van der Waals surface area (Å²) in [5.41, 5.74) is 2.00. The number of aryl methyl sites for hydroxylation is 2. The zero-order valence-corrected chi connectivity index (χ0v) is 13.8. The predicted molar refractivity (Wildman–Crippen MR) is 85.9 cm³/mol. The van der Waals surface area contributed by atoms with E-state index < -0.39 is 0 Å². The van der Waals surface area contributed by atoms with Crippen molar-refractivity contribution in [1.82, 2.24) is 9.88 Å². The standard InChI is InChI=1S/C16H27N3O2/c1-6-7-10-21-16(20)19(9-8-18(4)5)15-12-13(2)11-14(3)17-15/h11-12H,6-10H2,1-5H3. The Balaban J connectivity index is 2.87. The molecule has 0 spiro atoms. The summed E-state index contributed by atoms with van der Waals surface area (Å²) in [4.78, 5) is 20.4. The first-order chi connectivity index (χ1) is 9.93. The van der Waals surface area contributed by atoms with Crippen molar-refractivity contribution >= 4 is 11.9 Å². The van der Waals surface area contributed by atoms with Crippen LogP contribution in [0.25, 0.3) is 0 Å². The number of hydrogen-bond acceptors (Lipinski definition) is 4. The van der Waals surface area contributed by atoms with Crippen LogP contribution >= 0.6 is 0 Å². The third kappa shape index (κ3) is 6.12. The number of rotatable bonds is 7. The molecule has 1 rings (SSSR count). The fraction of sp³-hybridized carbons (Fsp3) is 0.625. The van der Waals surface area contributed by atoms with Gasteiger partial charge in [-0.3, -0.25) is 4.90 Å². The van der Waals surface area contributed by atoms with Gasteiger partial charge in [-0.1, -0.05) is 13.3 Å². The highest BCUT2D eigenvalue weighted by atomic mass is 16.6. The summed E-state index contributed by atoms with van der Waals surface area (Å²) in [6, 6.07) is 3.92. The number of carbonyl (C=O) groups is 1. The van der Waals surface area contributed by atoms with Gasteiger partial charge in [0.15, 0.2) is 0 Å². The number of pyridine rings is 1. The zero-order chi connectivity index (χ0) is 15.8. The first-order valence-corrected chi connectivity index (χ1v) is 7.48. The Bertz CT molecular complexity index is 441. The maximum Gasteiger partial charge on any atom is 0.415 e. The second-order valence-electron chi connectivity index (χ2n) is 5.57. The Morgan fingerprint density at radius 3 is 2.52 bits per heavy atom. The molecule has 1 amide bonds. The van der Waals surface area contributed by atoms with Gasteiger partial charge >= 0.3 is 6.09 Å². The van der Waals surface area contributed by atoms with E-state index in [-0.39, 0.29) is 6.09 Å². The molecule has 0 radical (unpaired) electrons.